The zero-order valence-electron chi connectivity index (χ0n) is 21.0. The molecule has 39 heavy (non-hydrogen) atoms. The van der Waals surface area contributed by atoms with Crippen molar-refractivity contribution in [1.29, 1.82) is 5.41 Å². The van der Waals surface area contributed by atoms with Gasteiger partial charge >= 0.3 is 0 Å². The Labute approximate surface area is 234 Å². The van der Waals surface area contributed by atoms with E-state index in [0.29, 0.717) is 56.0 Å². The quantitative estimate of drug-likeness (QED) is 0.272. The van der Waals surface area contributed by atoms with E-state index >= 15 is 0 Å². The third-order valence-electron chi connectivity index (χ3n) is 5.72. The number of carbonyl (C=O) groups is 1. The van der Waals surface area contributed by atoms with E-state index in [1.54, 1.807) is 37.5 Å². The van der Waals surface area contributed by atoms with Crippen molar-refractivity contribution in [3.63, 3.8) is 0 Å². The van der Waals surface area contributed by atoms with Crippen molar-refractivity contribution in [2.24, 2.45) is 10.1 Å². The van der Waals surface area contributed by atoms with Crippen LogP contribution in [0, 0.1) is 5.41 Å². The van der Waals surface area contributed by atoms with Crippen LogP contribution in [0.4, 0.5) is 0 Å². The Morgan fingerprint density at radius 2 is 1.59 bits per heavy atom. The second-order valence-corrected chi connectivity index (χ2v) is 9.53. The standard InChI is InChI=1S/C28H23ClN4O5S/c1-35-21-9-5-6-10-22(21)37-13-14-38-23-12-11-17(16-24(23)36-2)15-19-25(30)33-28(31-26(19)34)39-27(32-33)18-7-3-4-8-20(18)29/h3-12,15-16,30H,13-14H2,1-2H3/b19-15-,30-25?. The molecule has 0 unspecified atom stereocenters. The van der Waals surface area contributed by atoms with Crippen LogP contribution >= 0.6 is 23.4 Å². The Morgan fingerprint density at radius 3 is 2.31 bits per heavy atom. The maximum absolute atomic E-state index is 12.8. The fourth-order valence-corrected chi connectivity index (χ4v) is 5.05. The number of ether oxygens (including phenoxy) is 4. The molecular weight excluding hydrogens is 540 g/mol. The molecule has 1 amide bonds. The number of thioether (sulfide) groups is 1. The normalized spacial score (nSPS) is 15.6. The number of rotatable bonds is 9. The molecule has 9 nitrogen and oxygen atoms in total. The largest absolute Gasteiger partial charge is 0.493 e. The summed E-state index contributed by atoms with van der Waals surface area (Å²) in [6.45, 7) is 0.569. The molecule has 0 aliphatic carbocycles. The second-order valence-electron chi connectivity index (χ2n) is 8.16. The predicted molar refractivity (Wildman–Crippen MR) is 153 cm³/mol. The minimum absolute atomic E-state index is 0.0765. The van der Waals surface area contributed by atoms with Gasteiger partial charge in [0.1, 0.15) is 18.3 Å². The van der Waals surface area contributed by atoms with Crippen molar-refractivity contribution in [2.75, 3.05) is 27.4 Å². The molecular formula is C28H23ClN4O5S. The lowest BCUT2D eigenvalue weighted by atomic mass is 10.1. The van der Waals surface area contributed by atoms with Crippen molar-refractivity contribution in [3.8, 4) is 23.0 Å². The molecule has 3 aromatic carbocycles. The van der Waals surface area contributed by atoms with Crippen molar-refractivity contribution in [1.82, 2.24) is 5.01 Å². The highest BCUT2D eigenvalue weighted by Gasteiger charge is 2.36. The molecule has 0 spiro atoms. The minimum Gasteiger partial charge on any atom is -0.493 e. The molecule has 0 fully saturated rings. The van der Waals surface area contributed by atoms with Gasteiger partial charge in [-0.15, -0.1) is 0 Å². The Kier molecular flexibility index (Phi) is 7.85. The lowest BCUT2D eigenvalue weighted by Gasteiger charge is -2.20. The highest BCUT2D eigenvalue weighted by molar-refractivity contribution is 8.27. The molecule has 3 aromatic rings. The van der Waals surface area contributed by atoms with Crippen LogP contribution in [0.25, 0.3) is 6.08 Å². The number of fused-ring (bicyclic) bond motifs is 1. The number of nitrogens with zero attached hydrogens (tertiary/aromatic N) is 3. The number of amidine groups is 2. The van der Waals surface area contributed by atoms with E-state index in [0.717, 1.165) is 0 Å². The fourth-order valence-electron chi connectivity index (χ4n) is 3.84. The number of halogens is 1. The summed E-state index contributed by atoms with van der Waals surface area (Å²) < 4.78 is 22.4. The van der Waals surface area contributed by atoms with Gasteiger partial charge in [-0.05, 0) is 53.7 Å². The van der Waals surface area contributed by atoms with Crippen LogP contribution in [-0.4, -0.2) is 54.4 Å². The molecule has 198 valence electrons. The van der Waals surface area contributed by atoms with Crippen LogP contribution in [0.15, 0.2) is 82.4 Å². The number of hydrogen-bond donors (Lipinski definition) is 1. The summed E-state index contributed by atoms with van der Waals surface area (Å²) in [5.74, 6) is 1.65. The van der Waals surface area contributed by atoms with Crippen LogP contribution in [0.5, 0.6) is 23.0 Å². The third kappa shape index (κ3) is 5.62. The van der Waals surface area contributed by atoms with Crippen LogP contribution < -0.4 is 18.9 Å². The average molecular weight is 563 g/mol. The molecule has 0 atom stereocenters. The molecule has 2 heterocycles. The van der Waals surface area contributed by atoms with Gasteiger partial charge in [-0.1, -0.05) is 48.0 Å². The minimum atomic E-state index is -0.526. The number of benzene rings is 3. The third-order valence-corrected chi connectivity index (χ3v) is 7.00. The maximum atomic E-state index is 12.8. The number of hydrazone groups is 1. The molecule has 11 heteroatoms. The van der Waals surface area contributed by atoms with Gasteiger partial charge in [0.05, 0.1) is 24.8 Å². The van der Waals surface area contributed by atoms with E-state index in [-0.39, 0.29) is 18.0 Å². The van der Waals surface area contributed by atoms with E-state index in [9.17, 15) is 4.79 Å². The van der Waals surface area contributed by atoms with Gasteiger partial charge in [-0.3, -0.25) is 10.2 Å². The van der Waals surface area contributed by atoms with Gasteiger partial charge in [0.2, 0.25) is 5.17 Å². The second kappa shape index (κ2) is 11.6. The van der Waals surface area contributed by atoms with E-state index in [1.807, 2.05) is 42.5 Å². The van der Waals surface area contributed by atoms with Crippen molar-refractivity contribution >= 4 is 51.4 Å². The highest BCUT2D eigenvalue weighted by Crippen LogP contribution is 2.34. The topological polar surface area (TPSA) is 106 Å². The lowest BCUT2D eigenvalue weighted by molar-refractivity contribution is -0.114. The summed E-state index contributed by atoms with van der Waals surface area (Å²) in [7, 11) is 3.12. The molecule has 0 saturated carbocycles. The number of carbonyl (C=O) groups excluding carboxylic acids is 1. The number of hydrogen-bond acceptors (Lipinski definition) is 8. The summed E-state index contributed by atoms with van der Waals surface area (Å²) in [4.78, 5) is 17.0. The van der Waals surface area contributed by atoms with E-state index in [1.165, 1.54) is 23.9 Å². The smallest absolute Gasteiger partial charge is 0.283 e. The van der Waals surface area contributed by atoms with E-state index in [4.69, 9.17) is 36.0 Å². The zero-order chi connectivity index (χ0) is 27.4. The number of nitrogens with one attached hydrogen (secondary N) is 1. The SMILES string of the molecule is COc1ccccc1OCCOc1ccc(/C=C2/C(=N)N3N=C(c4ccccc4Cl)SC3=NC2=O)cc1OC. The molecule has 0 bridgehead atoms. The van der Waals surface area contributed by atoms with Crippen molar-refractivity contribution in [3.05, 3.63) is 88.5 Å². The lowest BCUT2D eigenvalue weighted by Crippen LogP contribution is -2.35. The summed E-state index contributed by atoms with van der Waals surface area (Å²) in [5, 5.41) is 15.9. The van der Waals surface area contributed by atoms with Gasteiger partial charge in [0, 0.05) is 5.56 Å². The first kappa shape index (κ1) is 26.3. The van der Waals surface area contributed by atoms with Crippen molar-refractivity contribution in [2.45, 2.75) is 0 Å². The average Bonchev–Trinajstić information content (AvgIpc) is 3.38. The maximum Gasteiger partial charge on any atom is 0.283 e. The summed E-state index contributed by atoms with van der Waals surface area (Å²) in [6.07, 6.45) is 1.58. The Bertz CT molecular complexity index is 1540. The Morgan fingerprint density at radius 1 is 0.923 bits per heavy atom. The van der Waals surface area contributed by atoms with Gasteiger partial charge in [-0.2, -0.15) is 15.1 Å². The molecule has 2 aliphatic rings. The monoisotopic (exact) mass is 562 g/mol. The number of amides is 1. The summed E-state index contributed by atoms with van der Waals surface area (Å²) in [6, 6.07) is 19.9. The summed E-state index contributed by atoms with van der Waals surface area (Å²) >= 11 is 7.50. The first-order valence-electron chi connectivity index (χ1n) is 11.8. The van der Waals surface area contributed by atoms with Gasteiger partial charge in [0.25, 0.3) is 5.91 Å². The van der Waals surface area contributed by atoms with Crippen LogP contribution in [0.3, 0.4) is 0 Å². The highest BCUT2D eigenvalue weighted by atomic mass is 35.5. The van der Waals surface area contributed by atoms with Gasteiger partial charge < -0.3 is 18.9 Å². The van der Waals surface area contributed by atoms with Crippen LogP contribution in [-0.2, 0) is 4.79 Å². The van der Waals surface area contributed by atoms with Crippen LogP contribution in [0.2, 0.25) is 5.02 Å². The van der Waals surface area contributed by atoms with Gasteiger partial charge in [0.15, 0.2) is 28.8 Å². The predicted octanol–water partition coefficient (Wildman–Crippen LogP) is 5.48. The molecule has 0 aromatic heterocycles. The number of para-hydroxylation sites is 2. The molecule has 0 saturated heterocycles. The van der Waals surface area contributed by atoms with Crippen molar-refractivity contribution < 1.29 is 23.7 Å². The molecule has 2 aliphatic heterocycles. The Balaban J connectivity index is 1.29. The van der Waals surface area contributed by atoms with E-state index < -0.39 is 5.91 Å². The van der Waals surface area contributed by atoms with Crippen LogP contribution in [0.1, 0.15) is 11.1 Å². The van der Waals surface area contributed by atoms with Gasteiger partial charge in [-0.25, -0.2) is 0 Å². The summed E-state index contributed by atoms with van der Waals surface area (Å²) in [5.41, 5.74) is 1.45. The molecule has 0 radical (unpaired) electrons. The number of methoxy groups -OCH3 is 2. The first-order chi connectivity index (χ1) is 19.0. The molecule has 1 N–H and O–H groups in total. The Hall–Kier alpha value is -4.28. The van der Waals surface area contributed by atoms with E-state index in [2.05, 4.69) is 10.1 Å². The fraction of sp³-hybridized carbons (Fsp3) is 0.143. The number of aliphatic imine (C=N–C) groups is 1. The first-order valence-corrected chi connectivity index (χ1v) is 13.0. The molecule has 5 rings (SSSR count). The zero-order valence-corrected chi connectivity index (χ0v) is 22.6.